The molecule has 0 amide bonds. The number of alkyl halides is 5. The van der Waals surface area contributed by atoms with Crippen LogP contribution in [0.1, 0.15) is 0 Å². The van der Waals surface area contributed by atoms with Crippen molar-refractivity contribution >= 4 is 81.2 Å². The average Bonchev–Trinajstić information content (AvgIpc) is 2.95. The molecule has 0 saturated heterocycles. The zero-order valence-electron chi connectivity index (χ0n) is 22.1. The van der Waals surface area contributed by atoms with Crippen molar-refractivity contribution in [3.05, 3.63) is 72.8 Å². The molecule has 210 valence electrons. The largest absolute Gasteiger partial charge is 0.446 e. The van der Waals surface area contributed by atoms with E-state index in [0.29, 0.717) is 46.3 Å². The fourth-order valence-corrected chi connectivity index (χ4v) is 4.95. The van der Waals surface area contributed by atoms with Crippen molar-refractivity contribution in [3.8, 4) is 0 Å². The highest BCUT2D eigenvalue weighted by Crippen LogP contribution is 2.48. The molecule has 0 unspecified atom stereocenters. The van der Waals surface area contributed by atoms with Gasteiger partial charge < -0.3 is 19.6 Å². The lowest BCUT2D eigenvalue weighted by molar-refractivity contribution is -0.0327. The molecule has 1 aromatic carbocycles. The standard InChI is InChI=1S/C26H24F3N7S.CH2Cl2/c1-33-17-9-5-10-18(25(17)37-26(27,28)29)34(2)20-12-7-14-22(31-20)36(4)24-16-8-15-23(32-24)35(3)21-13-6-11-19(33)30-21;2-1-3/h5-16H,1-4H3;1H2. The topological polar surface area (TPSA) is 51.6 Å². The van der Waals surface area contributed by atoms with Crippen LogP contribution in [0, 0.1) is 0 Å². The van der Waals surface area contributed by atoms with E-state index < -0.39 is 5.51 Å². The van der Waals surface area contributed by atoms with Crippen LogP contribution >= 0.6 is 35.0 Å². The van der Waals surface area contributed by atoms with Gasteiger partial charge >= 0.3 is 5.51 Å². The molecule has 1 aliphatic heterocycles. The summed E-state index contributed by atoms with van der Waals surface area (Å²) in [7, 11) is 7.12. The molecule has 0 atom stereocenters. The van der Waals surface area contributed by atoms with E-state index in [4.69, 9.17) is 38.2 Å². The Kier molecular flexibility index (Phi) is 9.17. The Balaban J connectivity index is 0.00000118. The van der Waals surface area contributed by atoms with Gasteiger partial charge in [-0.15, -0.1) is 23.2 Å². The van der Waals surface area contributed by atoms with Crippen molar-refractivity contribution in [2.45, 2.75) is 10.4 Å². The molecule has 4 heterocycles. The van der Waals surface area contributed by atoms with Gasteiger partial charge in [-0.25, -0.2) is 15.0 Å². The lowest BCUT2D eigenvalue weighted by Gasteiger charge is -2.29. The number of rotatable bonds is 1. The molecule has 3 aromatic heterocycles. The Morgan fingerprint density at radius 2 is 0.850 bits per heavy atom. The molecule has 40 heavy (non-hydrogen) atoms. The van der Waals surface area contributed by atoms with Gasteiger partial charge in [0.15, 0.2) is 0 Å². The Morgan fingerprint density at radius 1 is 0.575 bits per heavy atom. The number of pyridine rings is 3. The summed E-state index contributed by atoms with van der Waals surface area (Å²) in [5, 5.41) is 0.194. The number of benzene rings is 1. The first-order valence-electron chi connectivity index (χ1n) is 11.9. The van der Waals surface area contributed by atoms with Gasteiger partial charge in [-0.2, -0.15) is 13.2 Å². The van der Waals surface area contributed by atoms with Gasteiger partial charge in [0.25, 0.3) is 0 Å². The van der Waals surface area contributed by atoms with Gasteiger partial charge in [-0.1, -0.05) is 24.3 Å². The Labute approximate surface area is 245 Å². The highest BCUT2D eigenvalue weighted by molar-refractivity contribution is 8.00. The average molecular weight is 609 g/mol. The van der Waals surface area contributed by atoms with E-state index in [0.717, 1.165) is 0 Å². The predicted octanol–water partition coefficient (Wildman–Crippen LogP) is 8.29. The van der Waals surface area contributed by atoms with Crippen LogP contribution in [0.3, 0.4) is 0 Å². The number of nitrogens with zero attached hydrogens (tertiary/aromatic N) is 7. The van der Waals surface area contributed by atoms with Crippen LogP contribution in [-0.4, -0.2) is 54.0 Å². The lowest BCUT2D eigenvalue weighted by Crippen LogP contribution is -2.21. The number of thioether (sulfide) groups is 1. The second kappa shape index (κ2) is 12.4. The fourth-order valence-electron chi connectivity index (χ4n) is 4.10. The maximum absolute atomic E-state index is 13.8. The van der Waals surface area contributed by atoms with Crippen LogP contribution < -0.4 is 19.6 Å². The Hall–Kier alpha value is -3.41. The van der Waals surface area contributed by atoms with Crippen LogP contribution in [-0.2, 0) is 0 Å². The summed E-state index contributed by atoms with van der Waals surface area (Å²) < 4.78 is 41.4. The number of hydrogen-bond donors (Lipinski definition) is 0. The second-order valence-electron chi connectivity index (χ2n) is 8.57. The van der Waals surface area contributed by atoms with Gasteiger partial charge in [0.2, 0.25) is 0 Å². The zero-order chi connectivity index (χ0) is 29.0. The molecular formula is C27H26Cl2F3N7S. The molecule has 0 fully saturated rings. The van der Waals surface area contributed by atoms with Crippen molar-refractivity contribution in [1.82, 2.24) is 15.0 Å². The van der Waals surface area contributed by atoms with Crippen LogP contribution in [0.5, 0.6) is 0 Å². The summed E-state index contributed by atoms with van der Waals surface area (Å²) in [6.45, 7) is 0. The molecule has 0 aliphatic carbocycles. The molecule has 4 aromatic rings. The highest BCUT2D eigenvalue weighted by atomic mass is 35.5. The molecule has 0 N–H and O–H groups in total. The third-order valence-corrected chi connectivity index (χ3v) is 6.99. The molecule has 8 bridgehead atoms. The van der Waals surface area contributed by atoms with E-state index in [1.165, 1.54) is 0 Å². The SMILES string of the molecule is CN1c2cccc(n2)N(C)c2cccc(n2)N(C)c2cccc(c2SC(F)(F)F)N(C)c2cccc1n2.ClCCl. The molecule has 13 heteroatoms. The third kappa shape index (κ3) is 6.48. The van der Waals surface area contributed by atoms with E-state index in [1.54, 1.807) is 54.2 Å². The molecule has 5 rings (SSSR count). The summed E-state index contributed by atoms with van der Waals surface area (Å²) in [5.41, 5.74) is -3.74. The molecule has 0 spiro atoms. The van der Waals surface area contributed by atoms with Crippen molar-refractivity contribution in [3.63, 3.8) is 0 Å². The number of anilines is 8. The summed E-state index contributed by atoms with van der Waals surface area (Å²) in [6.07, 6.45) is 0. The molecule has 0 radical (unpaired) electrons. The summed E-state index contributed by atoms with van der Waals surface area (Å²) >= 11 is 9.38. The van der Waals surface area contributed by atoms with Crippen LogP contribution in [0.2, 0.25) is 0 Å². The lowest BCUT2D eigenvalue weighted by atomic mass is 10.2. The number of hydrogen-bond acceptors (Lipinski definition) is 8. The third-order valence-electron chi connectivity index (χ3n) is 6.13. The van der Waals surface area contributed by atoms with Crippen LogP contribution in [0.4, 0.5) is 59.5 Å². The quantitative estimate of drug-likeness (QED) is 0.158. The predicted molar refractivity (Wildman–Crippen MR) is 160 cm³/mol. The van der Waals surface area contributed by atoms with Crippen molar-refractivity contribution < 1.29 is 13.2 Å². The van der Waals surface area contributed by atoms with E-state index in [-0.39, 0.29) is 22.0 Å². The first-order chi connectivity index (χ1) is 19.0. The maximum atomic E-state index is 13.8. The molecule has 7 nitrogen and oxygen atoms in total. The van der Waals surface area contributed by atoms with E-state index in [9.17, 15) is 13.2 Å². The zero-order valence-corrected chi connectivity index (χ0v) is 24.4. The smallest absolute Gasteiger partial charge is 0.328 e. The first kappa shape index (κ1) is 29.6. The van der Waals surface area contributed by atoms with Gasteiger partial charge in [0, 0.05) is 28.2 Å². The highest BCUT2D eigenvalue weighted by Gasteiger charge is 2.34. The summed E-state index contributed by atoms with van der Waals surface area (Å²) in [6, 6.07) is 21.6. The van der Waals surface area contributed by atoms with E-state index >= 15 is 0 Å². The van der Waals surface area contributed by atoms with Crippen molar-refractivity contribution in [1.29, 1.82) is 0 Å². The number of aromatic nitrogens is 3. The monoisotopic (exact) mass is 607 g/mol. The minimum absolute atomic E-state index is 0.0556. The summed E-state index contributed by atoms with van der Waals surface area (Å²) in [5.74, 6) is 3.51. The second-order valence-corrected chi connectivity index (χ2v) is 10.5. The van der Waals surface area contributed by atoms with Gasteiger partial charge in [-0.05, 0) is 60.3 Å². The van der Waals surface area contributed by atoms with E-state index in [1.807, 2.05) is 66.4 Å². The van der Waals surface area contributed by atoms with Crippen molar-refractivity contribution in [2.75, 3.05) is 53.1 Å². The molecule has 1 aliphatic rings. The number of fused-ring (bicyclic) bond motifs is 8. The Morgan fingerprint density at radius 3 is 1.15 bits per heavy atom. The molecule has 0 saturated carbocycles. The Bertz CT molecular complexity index is 1380. The normalized spacial score (nSPS) is 13.1. The molecular weight excluding hydrogens is 582 g/mol. The number of halogens is 5. The minimum atomic E-state index is -4.49. The maximum Gasteiger partial charge on any atom is 0.446 e. The van der Waals surface area contributed by atoms with Gasteiger partial charge in [-0.3, -0.25) is 0 Å². The van der Waals surface area contributed by atoms with E-state index in [2.05, 4.69) is 0 Å². The minimum Gasteiger partial charge on any atom is -0.328 e. The fraction of sp³-hybridized carbons (Fsp3) is 0.222. The van der Waals surface area contributed by atoms with Gasteiger partial charge in [0.1, 0.15) is 34.9 Å². The van der Waals surface area contributed by atoms with Crippen LogP contribution in [0.25, 0.3) is 0 Å². The van der Waals surface area contributed by atoms with Gasteiger partial charge in [0.05, 0.1) is 21.6 Å². The summed E-state index contributed by atoms with van der Waals surface area (Å²) in [4.78, 5) is 21.4. The van der Waals surface area contributed by atoms with Crippen LogP contribution in [0.15, 0.2) is 77.7 Å². The van der Waals surface area contributed by atoms with Crippen molar-refractivity contribution in [2.24, 2.45) is 0 Å². The first-order valence-corrected chi connectivity index (χ1v) is 13.8.